The summed E-state index contributed by atoms with van der Waals surface area (Å²) in [5.41, 5.74) is 0. The first-order valence-corrected chi connectivity index (χ1v) is 4.04. The van der Waals surface area contributed by atoms with Gasteiger partial charge in [0, 0.05) is 0 Å². The number of allylic oxidation sites excluding steroid dienone is 1. The average molecular weight is 184 g/mol. The van der Waals surface area contributed by atoms with Gasteiger partial charge in [-0.2, -0.15) is 0 Å². The Labute approximate surface area is 78.3 Å². The van der Waals surface area contributed by atoms with Crippen molar-refractivity contribution >= 4 is 20.0 Å². The van der Waals surface area contributed by atoms with E-state index >= 15 is 0 Å². The molecule has 0 fully saturated rings. The van der Waals surface area contributed by atoms with Crippen LogP contribution in [-0.2, 0) is 19.0 Å². The summed E-state index contributed by atoms with van der Waals surface area (Å²) in [6, 6.07) is 0. The predicted molar refractivity (Wildman–Crippen MR) is 49.6 cm³/mol. The molecule has 0 aliphatic heterocycles. The lowest BCUT2D eigenvalue weighted by atomic mass is 10.3. The smallest absolute Gasteiger partial charge is 0.325 e. The largest absolute Gasteiger partial charge is 0.543 e. The zero-order valence-electron chi connectivity index (χ0n) is 7.91. The summed E-state index contributed by atoms with van der Waals surface area (Å²) >= 11 is 0. The summed E-state index contributed by atoms with van der Waals surface area (Å²) in [4.78, 5) is 21.5. The molecule has 72 valence electrons. The molecule has 0 atom stereocenters. The Balaban J connectivity index is 3.46. The van der Waals surface area contributed by atoms with Crippen LogP contribution in [0.3, 0.4) is 0 Å². The van der Waals surface area contributed by atoms with E-state index in [1.165, 1.54) is 8.05 Å². The third-order valence-corrected chi connectivity index (χ3v) is 1.34. The quantitative estimate of drug-likeness (QED) is 0.342. The van der Waals surface area contributed by atoms with Crippen LogP contribution < -0.4 is 0 Å². The minimum Gasteiger partial charge on any atom is -0.543 e. The number of carbonyl (C=O) groups excluding carboxylic acids is 2. The molecule has 0 spiro atoms. The van der Waals surface area contributed by atoms with Crippen LogP contribution in [0.1, 0.15) is 19.8 Å². The number of esters is 1. The van der Waals surface area contributed by atoms with Gasteiger partial charge < -0.3 is 9.39 Å². The lowest BCUT2D eigenvalue weighted by Gasteiger charge is -2.00. The monoisotopic (exact) mass is 184 g/mol. The molecule has 0 radical (unpaired) electrons. The van der Waals surface area contributed by atoms with Gasteiger partial charge in [-0.1, -0.05) is 12.2 Å². The Morgan fingerprint density at radius 2 is 1.92 bits per heavy atom. The SMILES string of the molecule is BOC(=O)CCC(=O)OCC=CC. The summed E-state index contributed by atoms with van der Waals surface area (Å²) < 4.78 is 9.11. The first kappa shape index (κ1) is 11.7. The molecule has 0 N–H and O–H groups in total. The van der Waals surface area contributed by atoms with Gasteiger partial charge in [0.2, 0.25) is 0 Å². The van der Waals surface area contributed by atoms with E-state index < -0.39 is 5.97 Å². The van der Waals surface area contributed by atoms with Crippen molar-refractivity contribution in [2.24, 2.45) is 0 Å². The summed E-state index contributed by atoms with van der Waals surface area (Å²) in [5.74, 6) is -0.786. The molecule has 0 aliphatic rings. The van der Waals surface area contributed by atoms with Crippen molar-refractivity contribution in [2.45, 2.75) is 19.8 Å². The molecule has 0 aromatic carbocycles. The molecular formula is C8H13BO4. The lowest BCUT2D eigenvalue weighted by Crippen LogP contribution is -2.09. The van der Waals surface area contributed by atoms with Crippen molar-refractivity contribution in [3.05, 3.63) is 12.2 Å². The molecule has 0 heterocycles. The standard InChI is InChI=1S/C8H13BO4/c1-2-3-6-12-7(10)4-5-8(11)13-9/h2-3H,4-6,9H2,1H3. The first-order chi connectivity index (χ1) is 6.20. The highest BCUT2D eigenvalue weighted by Crippen LogP contribution is 1.94. The number of rotatable bonds is 5. The summed E-state index contributed by atoms with van der Waals surface area (Å²) in [6.07, 6.45) is 3.65. The van der Waals surface area contributed by atoms with E-state index in [-0.39, 0.29) is 25.4 Å². The van der Waals surface area contributed by atoms with E-state index in [1.54, 1.807) is 12.2 Å². The minimum atomic E-state index is -0.400. The van der Waals surface area contributed by atoms with E-state index in [0.29, 0.717) is 0 Å². The molecule has 0 aromatic heterocycles. The van der Waals surface area contributed by atoms with Gasteiger partial charge in [-0.05, 0) is 6.92 Å². The second kappa shape index (κ2) is 7.40. The number of ether oxygens (including phenoxy) is 1. The zero-order chi connectivity index (χ0) is 10.1. The van der Waals surface area contributed by atoms with Crippen molar-refractivity contribution in [3.63, 3.8) is 0 Å². The van der Waals surface area contributed by atoms with E-state index in [1.807, 2.05) is 6.92 Å². The number of hydrogen-bond donors (Lipinski definition) is 0. The number of carbonyl (C=O) groups is 2. The van der Waals surface area contributed by atoms with Gasteiger partial charge in [0.15, 0.2) is 0 Å². The average Bonchev–Trinajstić information content (AvgIpc) is 2.14. The maximum atomic E-state index is 10.9. The highest BCUT2D eigenvalue weighted by molar-refractivity contribution is 6.05. The number of hydrogen-bond acceptors (Lipinski definition) is 4. The fourth-order valence-electron chi connectivity index (χ4n) is 0.616. The van der Waals surface area contributed by atoms with Crippen molar-refractivity contribution in [1.82, 2.24) is 0 Å². The topological polar surface area (TPSA) is 52.6 Å². The zero-order valence-corrected chi connectivity index (χ0v) is 7.91. The van der Waals surface area contributed by atoms with Crippen LogP contribution in [0.2, 0.25) is 0 Å². The molecule has 0 saturated carbocycles. The van der Waals surface area contributed by atoms with Gasteiger partial charge in [-0.3, -0.25) is 9.59 Å². The van der Waals surface area contributed by atoms with Crippen LogP contribution in [0.25, 0.3) is 0 Å². The van der Waals surface area contributed by atoms with Gasteiger partial charge in [0.25, 0.3) is 5.97 Å². The minimum absolute atomic E-state index is 0.0736. The predicted octanol–water partition coefficient (Wildman–Crippen LogP) is -0.0228. The van der Waals surface area contributed by atoms with Crippen LogP contribution in [0.5, 0.6) is 0 Å². The van der Waals surface area contributed by atoms with Crippen molar-refractivity contribution in [3.8, 4) is 0 Å². The molecule has 0 bridgehead atoms. The van der Waals surface area contributed by atoms with Gasteiger partial charge in [-0.15, -0.1) is 0 Å². The normalized spacial score (nSPS) is 9.92. The van der Waals surface area contributed by atoms with Gasteiger partial charge >= 0.3 is 14.0 Å². The first-order valence-electron chi connectivity index (χ1n) is 4.04. The summed E-state index contributed by atoms with van der Waals surface area (Å²) in [7, 11) is 1.29. The van der Waals surface area contributed by atoms with Crippen LogP contribution in [0.15, 0.2) is 12.2 Å². The Bertz CT molecular complexity index is 200. The molecule has 13 heavy (non-hydrogen) atoms. The molecular weight excluding hydrogens is 171 g/mol. The maximum Gasteiger partial charge on any atom is 0.325 e. The van der Waals surface area contributed by atoms with Crippen molar-refractivity contribution < 1.29 is 19.0 Å². The lowest BCUT2D eigenvalue weighted by molar-refractivity contribution is -0.145. The Kier molecular flexibility index (Phi) is 6.68. The second-order valence-corrected chi connectivity index (χ2v) is 2.33. The molecule has 0 aromatic rings. The Morgan fingerprint density at radius 1 is 1.31 bits per heavy atom. The summed E-state index contributed by atoms with van der Waals surface area (Å²) in [5, 5.41) is 0. The van der Waals surface area contributed by atoms with Gasteiger partial charge in [-0.25, -0.2) is 0 Å². The Morgan fingerprint density at radius 3 is 2.46 bits per heavy atom. The van der Waals surface area contributed by atoms with Crippen molar-refractivity contribution in [2.75, 3.05) is 6.61 Å². The van der Waals surface area contributed by atoms with Crippen LogP contribution in [0, 0.1) is 0 Å². The van der Waals surface area contributed by atoms with Gasteiger partial charge in [0.05, 0.1) is 12.8 Å². The van der Waals surface area contributed by atoms with Crippen LogP contribution >= 0.6 is 0 Å². The molecule has 0 aliphatic carbocycles. The summed E-state index contributed by atoms with van der Waals surface area (Å²) in [6.45, 7) is 2.10. The van der Waals surface area contributed by atoms with Crippen LogP contribution in [-0.4, -0.2) is 26.6 Å². The molecule has 0 saturated heterocycles. The van der Waals surface area contributed by atoms with E-state index in [0.717, 1.165) is 0 Å². The third-order valence-electron chi connectivity index (χ3n) is 1.34. The molecule has 4 nitrogen and oxygen atoms in total. The molecule has 5 heteroatoms. The molecule has 0 amide bonds. The fourth-order valence-corrected chi connectivity index (χ4v) is 0.616. The third kappa shape index (κ3) is 7.12. The molecule has 0 unspecified atom stereocenters. The second-order valence-electron chi connectivity index (χ2n) is 2.33. The molecule has 0 rings (SSSR count). The van der Waals surface area contributed by atoms with E-state index in [4.69, 9.17) is 4.74 Å². The highest BCUT2D eigenvalue weighted by Gasteiger charge is 2.06. The van der Waals surface area contributed by atoms with Crippen LogP contribution in [0.4, 0.5) is 0 Å². The Hall–Kier alpha value is -1.26. The van der Waals surface area contributed by atoms with Gasteiger partial charge in [0.1, 0.15) is 6.61 Å². The van der Waals surface area contributed by atoms with Crippen molar-refractivity contribution in [1.29, 1.82) is 0 Å². The van der Waals surface area contributed by atoms with E-state index in [2.05, 4.69) is 4.65 Å². The fraction of sp³-hybridized carbons (Fsp3) is 0.500. The maximum absolute atomic E-state index is 10.9. The van der Waals surface area contributed by atoms with E-state index in [9.17, 15) is 9.59 Å². The highest BCUT2D eigenvalue weighted by atomic mass is 16.5.